The Morgan fingerprint density at radius 2 is 1.83 bits per heavy atom. The Bertz CT molecular complexity index is 319. The van der Waals surface area contributed by atoms with E-state index in [9.17, 15) is 5.11 Å². The minimum atomic E-state index is 0.195. The smallest absolute Gasteiger partial charge is 0.118 e. The van der Waals surface area contributed by atoms with Gasteiger partial charge in [-0.15, -0.1) is 0 Å². The van der Waals surface area contributed by atoms with Gasteiger partial charge in [-0.25, -0.2) is 0 Å². The van der Waals surface area contributed by atoms with Crippen LogP contribution in [-0.4, -0.2) is 25.4 Å². The minimum absolute atomic E-state index is 0.195. The Balaban J connectivity index is 2.31. The lowest BCUT2D eigenvalue weighted by molar-refractivity contribution is 0.0547. The summed E-state index contributed by atoms with van der Waals surface area (Å²) in [5.74, 6) is 1.68. The van der Waals surface area contributed by atoms with Crippen LogP contribution in [0.3, 0.4) is 0 Å². The molecule has 0 saturated carbocycles. The van der Waals surface area contributed by atoms with E-state index in [2.05, 4.69) is 13.8 Å². The quantitative estimate of drug-likeness (QED) is 0.773. The average Bonchev–Trinajstić information content (AvgIpc) is 2.38. The van der Waals surface area contributed by atoms with E-state index in [0.717, 1.165) is 17.7 Å². The lowest BCUT2D eigenvalue weighted by atomic mass is 9.99. The fraction of sp³-hybridized carbons (Fsp3) is 0.600. The third-order valence-corrected chi connectivity index (χ3v) is 2.84. The van der Waals surface area contributed by atoms with Crippen LogP contribution in [0.4, 0.5) is 0 Å². The third-order valence-electron chi connectivity index (χ3n) is 2.84. The first kappa shape index (κ1) is 15.0. The second kappa shape index (κ2) is 8.11. The topological polar surface area (TPSA) is 38.7 Å². The van der Waals surface area contributed by atoms with Crippen molar-refractivity contribution in [2.24, 2.45) is 11.8 Å². The van der Waals surface area contributed by atoms with E-state index in [1.54, 1.807) is 7.11 Å². The molecule has 0 aliphatic heterocycles. The molecule has 1 aromatic rings. The van der Waals surface area contributed by atoms with Gasteiger partial charge in [0.15, 0.2) is 0 Å². The molecule has 0 radical (unpaired) electrons. The summed E-state index contributed by atoms with van der Waals surface area (Å²) in [7, 11) is 1.66. The van der Waals surface area contributed by atoms with Gasteiger partial charge in [-0.1, -0.05) is 26.0 Å². The molecule has 0 saturated heterocycles. The summed E-state index contributed by atoms with van der Waals surface area (Å²) in [4.78, 5) is 0. The van der Waals surface area contributed by atoms with E-state index >= 15 is 0 Å². The van der Waals surface area contributed by atoms with Crippen molar-refractivity contribution < 1.29 is 14.6 Å². The summed E-state index contributed by atoms with van der Waals surface area (Å²) in [6, 6.07) is 7.84. The highest BCUT2D eigenvalue weighted by Crippen LogP contribution is 2.14. The zero-order chi connectivity index (χ0) is 13.4. The SMILES string of the molecule is COc1ccc(COCC(CO)CC(C)C)cc1. The van der Waals surface area contributed by atoms with Gasteiger partial charge in [0.25, 0.3) is 0 Å². The van der Waals surface area contributed by atoms with Crippen molar-refractivity contribution in [3.8, 4) is 5.75 Å². The van der Waals surface area contributed by atoms with Crippen LogP contribution in [0.2, 0.25) is 0 Å². The Kier molecular flexibility index (Phi) is 6.76. The Morgan fingerprint density at radius 1 is 1.17 bits per heavy atom. The molecule has 0 amide bonds. The molecule has 1 aromatic carbocycles. The van der Waals surface area contributed by atoms with Gasteiger partial charge >= 0.3 is 0 Å². The van der Waals surface area contributed by atoms with Crippen molar-refractivity contribution in [1.29, 1.82) is 0 Å². The maximum absolute atomic E-state index is 9.24. The van der Waals surface area contributed by atoms with Crippen LogP contribution in [-0.2, 0) is 11.3 Å². The highest BCUT2D eigenvalue weighted by Gasteiger charge is 2.09. The molecule has 102 valence electrons. The van der Waals surface area contributed by atoms with E-state index in [1.807, 2.05) is 24.3 Å². The molecular formula is C15H24O3. The van der Waals surface area contributed by atoms with Crippen molar-refractivity contribution in [1.82, 2.24) is 0 Å². The monoisotopic (exact) mass is 252 g/mol. The van der Waals surface area contributed by atoms with Crippen LogP contribution in [0.25, 0.3) is 0 Å². The molecule has 1 atom stereocenters. The lowest BCUT2D eigenvalue weighted by Gasteiger charge is -2.16. The molecule has 0 bridgehead atoms. The normalized spacial score (nSPS) is 12.7. The average molecular weight is 252 g/mol. The van der Waals surface area contributed by atoms with Gasteiger partial charge in [0.05, 0.1) is 20.3 Å². The van der Waals surface area contributed by atoms with Crippen molar-refractivity contribution in [3.63, 3.8) is 0 Å². The van der Waals surface area contributed by atoms with Crippen LogP contribution < -0.4 is 4.74 Å². The molecule has 0 aliphatic rings. The number of benzene rings is 1. The summed E-state index contributed by atoms with van der Waals surface area (Å²) in [5, 5.41) is 9.24. The predicted octanol–water partition coefficient (Wildman–Crippen LogP) is 2.87. The summed E-state index contributed by atoms with van der Waals surface area (Å²) < 4.78 is 10.7. The highest BCUT2D eigenvalue weighted by molar-refractivity contribution is 5.26. The van der Waals surface area contributed by atoms with E-state index in [0.29, 0.717) is 19.1 Å². The first-order valence-corrected chi connectivity index (χ1v) is 6.47. The van der Waals surface area contributed by atoms with Gasteiger partial charge in [0.1, 0.15) is 5.75 Å². The van der Waals surface area contributed by atoms with E-state index in [1.165, 1.54) is 0 Å². The second-order valence-corrected chi connectivity index (χ2v) is 5.04. The summed E-state index contributed by atoms with van der Waals surface area (Å²) in [5.41, 5.74) is 1.12. The van der Waals surface area contributed by atoms with Crippen molar-refractivity contribution >= 4 is 0 Å². The number of ether oxygens (including phenoxy) is 2. The molecule has 0 heterocycles. The molecule has 0 fully saturated rings. The Hall–Kier alpha value is -1.06. The summed E-state index contributed by atoms with van der Waals surface area (Å²) >= 11 is 0. The molecular weight excluding hydrogens is 228 g/mol. The summed E-state index contributed by atoms with van der Waals surface area (Å²) in [6.07, 6.45) is 0.999. The molecule has 18 heavy (non-hydrogen) atoms. The Labute approximate surface area is 110 Å². The number of hydrogen-bond donors (Lipinski definition) is 1. The number of hydrogen-bond acceptors (Lipinski definition) is 3. The molecule has 1 rings (SSSR count). The third kappa shape index (κ3) is 5.52. The zero-order valence-electron chi connectivity index (χ0n) is 11.6. The number of methoxy groups -OCH3 is 1. The lowest BCUT2D eigenvalue weighted by Crippen LogP contribution is -2.16. The fourth-order valence-corrected chi connectivity index (χ4v) is 1.93. The van der Waals surface area contributed by atoms with Gasteiger partial charge < -0.3 is 14.6 Å². The van der Waals surface area contributed by atoms with Crippen LogP contribution >= 0.6 is 0 Å². The van der Waals surface area contributed by atoms with Gasteiger partial charge in [-0.2, -0.15) is 0 Å². The van der Waals surface area contributed by atoms with Crippen LogP contribution in [0.1, 0.15) is 25.8 Å². The molecule has 0 aliphatic carbocycles. The van der Waals surface area contributed by atoms with Crippen LogP contribution in [0.5, 0.6) is 5.75 Å². The van der Waals surface area contributed by atoms with E-state index in [4.69, 9.17) is 9.47 Å². The van der Waals surface area contributed by atoms with Crippen molar-refractivity contribution in [2.75, 3.05) is 20.3 Å². The largest absolute Gasteiger partial charge is 0.497 e. The maximum atomic E-state index is 9.24. The Morgan fingerprint density at radius 3 is 2.33 bits per heavy atom. The van der Waals surface area contributed by atoms with Crippen LogP contribution in [0, 0.1) is 11.8 Å². The molecule has 1 N–H and O–H groups in total. The summed E-state index contributed by atoms with van der Waals surface area (Å²) in [6.45, 7) is 5.71. The molecule has 0 spiro atoms. The van der Waals surface area contributed by atoms with E-state index in [-0.39, 0.29) is 12.5 Å². The van der Waals surface area contributed by atoms with Crippen molar-refractivity contribution in [3.05, 3.63) is 29.8 Å². The highest BCUT2D eigenvalue weighted by atomic mass is 16.5. The second-order valence-electron chi connectivity index (χ2n) is 5.04. The van der Waals surface area contributed by atoms with Gasteiger partial charge in [-0.3, -0.25) is 0 Å². The number of aliphatic hydroxyl groups is 1. The fourth-order valence-electron chi connectivity index (χ4n) is 1.93. The van der Waals surface area contributed by atoms with Crippen molar-refractivity contribution in [2.45, 2.75) is 26.9 Å². The standard InChI is InChI=1S/C15H24O3/c1-12(2)8-14(9-16)11-18-10-13-4-6-15(17-3)7-5-13/h4-7,12,14,16H,8-11H2,1-3H3. The van der Waals surface area contributed by atoms with Gasteiger partial charge in [0.2, 0.25) is 0 Å². The van der Waals surface area contributed by atoms with Crippen LogP contribution in [0.15, 0.2) is 24.3 Å². The predicted molar refractivity (Wildman–Crippen MR) is 72.7 cm³/mol. The molecule has 0 aromatic heterocycles. The number of rotatable bonds is 8. The first-order chi connectivity index (χ1) is 8.65. The first-order valence-electron chi connectivity index (χ1n) is 6.47. The maximum Gasteiger partial charge on any atom is 0.118 e. The van der Waals surface area contributed by atoms with Gasteiger partial charge in [-0.05, 0) is 30.0 Å². The molecule has 1 unspecified atom stereocenters. The number of aliphatic hydroxyl groups excluding tert-OH is 1. The minimum Gasteiger partial charge on any atom is -0.497 e. The van der Waals surface area contributed by atoms with Gasteiger partial charge in [0, 0.05) is 12.5 Å². The zero-order valence-corrected chi connectivity index (χ0v) is 11.6. The molecule has 3 heteroatoms. The van der Waals surface area contributed by atoms with E-state index < -0.39 is 0 Å². The molecule has 3 nitrogen and oxygen atoms in total.